The number of nitrogens with zero attached hydrogens (tertiary/aromatic N) is 3. The Morgan fingerprint density at radius 1 is 0.697 bits per heavy atom. The van der Waals surface area contributed by atoms with E-state index in [4.69, 9.17) is 9.97 Å². The molecule has 0 fully saturated rings. The molecule has 0 radical (unpaired) electrons. The van der Waals surface area contributed by atoms with Crippen LogP contribution in [-0.4, -0.2) is 9.97 Å². The van der Waals surface area contributed by atoms with Gasteiger partial charge < -0.3 is 4.90 Å². The summed E-state index contributed by atoms with van der Waals surface area (Å²) in [7, 11) is 0. The van der Waals surface area contributed by atoms with Crippen LogP contribution in [0.15, 0.2) is 91.0 Å². The van der Waals surface area contributed by atoms with Crippen molar-refractivity contribution in [3.8, 4) is 0 Å². The molecule has 1 aliphatic rings. The van der Waals surface area contributed by atoms with Crippen LogP contribution in [0.1, 0.15) is 25.0 Å². The maximum Gasteiger partial charge on any atom is 0.143 e. The van der Waals surface area contributed by atoms with Crippen molar-refractivity contribution >= 4 is 59.9 Å². The van der Waals surface area contributed by atoms with E-state index >= 15 is 0 Å². The number of thiophene rings is 1. The van der Waals surface area contributed by atoms with Crippen LogP contribution in [0.3, 0.4) is 0 Å². The lowest BCUT2D eigenvalue weighted by molar-refractivity contribution is 0.632. The Bertz CT molecular complexity index is 1660. The number of hydrogen-bond acceptors (Lipinski definition) is 4. The average Bonchev–Trinajstić information content (AvgIpc) is 3.19. The van der Waals surface area contributed by atoms with Crippen molar-refractivity contribution in [3.63, 3.8) is 0 Å². The molecular weight excluding hydrogens is 422 g/mol. The summed E-state index contributed by atoms with van der Waals surface area (Å²) >= 11 is 1.72. The van der Waals surface area contributed by atoms with Gasteiger partial charge in [-0.2, -0.15) is 0 Å². The fraction of sp³-hybridized carbons (Fsp3) is 0.103. The van der Waals surface area contributed by atoms with E-state index in [9.17, 15) is 0 Å². The second kappa shape index (κ2) is 6.63. The zero-order chi connectivity index (χ0) is 22.2. The predicted octanol–water partition coefficient (Wildman–Crippen LogP) is 8.11. The first-order valence-electron chi connectivity index (χ1n) is 11.2. The predicted molar refractivity (Wildman–Crippen MR) is 139 cm³/mol. The highest BCUT2D eigenvalue weighted by atomic mass is 32.1. The van der Waals surface area contributed by atoms with E-state index in [1.54, 1.807) is 11.3 Å². The van der Waals surface area contributed by atoms with Gasteiger partial charge in [-0.15, -0.1) is 11.3 Å². The smallest absolute Gasteiger partial charge is 0.143 e. The van der Waals surface area contributed by atoms with Crippen LogP contribution in [0.4, 0.5) is 17.1 Å². The fourth-order valence-electron chi connectivity index (χ4n) is 5.21. The lowest BCUT2D eigenvalue weighted by Gasteiger charge is -2.42. The Morgan fingerprint density at radius 3 is 2.00 bits per heavy atom. The number of aromatic nitrogens is 2. The Labute approximate surface area is 196 Å². The molecule has 3 nitrogen and oxygen atoms in total. The molecule has 6 aromatic rings. The summed E-state index contributed by atoms with van der Waals surface area (Å²) in [4.78, 5) is 13.2. The molecule has 158 valence electrons. The van der Waals surface area contributed by atoms with Crippen LogP contribution < -0.4 is 4.90 Å². The SMILES string of the molecule is CC1(C)c2ccccc2N(c2ccc3c(c2)sc2nc4ccccc4nc23)c2ccccc21. The monoisotopic (exact) mass is 443 g/mol. The molecule has 0 bridgehead atoms. The summed E-state index contributed by atoms with van der Waals surface area (Å²) in [6, 6.07) is 32.3. The molecule has 0 amide bonds. The van der Waals surface area contributed by atoms with Crippen LogP contribution in [0.2, 0.25) is 0 Å². The second-order valence-electron chi connectivity index (χ2n) is 9.14. The minimum atomic E-state index is -0.0562. The van der Waals surface area contributed by atoms with Gasteiger partial charge in [-0.3, -0.25) is 0 Å². The molecule has 0 unspecified atom stereocenters. The molecule has 33 heavy (non-hydrogen) atoms. The molecule has 4 aromatic carbocycles. The highest BCUT2D eigenvalue weighted by Gasteiger charge is 2.36. The zero-order valence-corrected chi connectivity index (χ0v) is 19.2. The van der Waals surface area contributed by atoms with Crippen molar-refractivity contribution in [2.24, 2.45) is 0 Å². The number of hydrogen-bond donors (Lipinski definition) is 0. The molecular formula is C29H21N3S. The maximum absolute atomic E-state index is 4.93. The van der Waals surface area contributed by atoms with Crippen molar-refractivity contribution < 1.29 is 0 Å². The number of benzene rings is 4. The van der Waals surface area contributed by atoms with Crippen molar-refractivity contribution in [1.82, 2.24) is 9.97 Å². The molecule has 0 atom stereocenters. The highest BCUT2D eigenvalue weighted by molar-refractivity contribution is 7.25. The molecule has 2 aromatic heterocycles. The molecule has 0 aliphatic carbocycles. The number of para-hydroxylation sites is 4. The van der Waals surface area contributed by atoms with Crippen molar-refractivity contribution in [3.05, 3.63) is 102 Å². The number of fused-ring (bicyclic) bond motifs is 6. The molecule has 3 heterocycles. The number of rotatable bonds is 1. The van der Waals surface area contributed by atoms with Gasteiger partial charge >= 0.3 is 0 Å². The zero-order valence-electron chi connectivity index (χ0n) is 18.4. The highest BCUT2D eigenvalue weighted by Crippen LogP contribution is 2.52. The third-order valence-corrected chi connectivity index (χ3v) is 7.90. The van der Waals surface area contributed by atoms with Crippen LogP contribution in [0, 0.1) is 0 Å². The van der Waals surface area contributed by atoms with Crippen LogP contribution >= 0.6 is 11.3 Å². The molecule has 0 saturated heterocycles. The van der Waals surface area contributed by atoms with E-state index in [0.29, 0.717) is 0 Å². The molecule has 4 heteroatoms. The van der Waals surface area contributed by atoms with Gasteiger partial charge in [0.05, 0.1) is 22.4 Å². The van der Waals surface area contributed by atoms with Gasteiger partial charge in [0, 0.05) is 21.2 Å². The first-order valence-corrected chi connectivity index (χ1v) is 12.0. The maximum atomic E-state index is 4.93. The van der Waals surface area contributed by atoms with Gasteiger partial charge in [-0.1, -0.05) is 62.4 Å². The van der Waals surface area contributed by atoms with Gasteiger partial charge in [0.25, 0.3) is 0 Å². The summed E-state index contributed by atoms with van der Waals surface area (Å²) in [5.74, 6) is 0. The Hall–Kier alpha value is -3.76. The Morgan fingerprint density at radius 2 is 1.30 bits per heavy atom. The third-order valence-electron chi connectivity index (χ3n) is 6.86. The van der Waals surface area contributed by atoms with Gasteiger partial charge in [-0.05, 0) is 53.6 Å². The molecule has 0 N–H and O–H groups in total. The van der Waals surface area contributed by atoms with E-state index in [1.165, 1.54) is 27.2 Å². The van der Waals surface area contributed by atoms with Crippen molar-refractivity contribution in [2.45, 2.75) is 19.3 Å². The van der Waals surface area contributed by atoms with Crippen LogP contribution in [0.5, 0.6) is 0 Å². The summed E-state index contributed by atoms with van der Waals surface area (Å²) in [5, 5.41) is 1.16. The van der Waals surface area contributed by atoms with E-state index in [2.05, 4.69) is 85.5 Å². The van der Waals surface area contributed by atoms with Gasteiger partial charge in [0.15, 0.2) is 0 Å². The van der Waals surface area contributed by atoms with E-state index in [0.717, 1.165) is 32.5 Å². The van der Waals surface area contributed by atoms with Crippen molar-refractivity contribution in [1.29, 1.82) is 0 Å². The molecule has 0 spiro atoms. The topological polar surface area (TPSA) is 29.0 Å². The van der Waals surface area contributed by atoms with Crippen LogP contribution in [-0.2, 0) is 5.41 Å². The lowest BCUT2D eigenvalue weighted by atomic mass is 9.73. The van der Waals surface area contributed by atoms with E-state index in [1.807, 2.05) is 24.3 Å². The van der Waals surface area contributed by atoms with Crippen molar-refractivity contribution in [2.75, 3.05) is 4.90 Å². The van der Waals surface area contributed by atoms with Gasteiger partial charge in [-0.25, -0.2) is 9.97 Å². The average molecular weight is 444 g/mol. The normalized spacial score (nSPS) is 14.5. The van der Waals surface area contributed by atoms with E-state index in [-0.39, 0.29) is 5.41 Å². The summed E-state index contributed by atoms with van der Waals surface area (Å²) < 4.78 is 1.21. The van der Waals surface area contributed by atoms with Gasteiger partial charge in [0.2, 0.25) is 0 Å². The first-order chi connectivity index (χ1) is 16.1. The quantitative estimate of drug-likeness (QED) is 0.257. The largest absolute Gasteiger partial charge is 0.310 e. The lowest BCUT2D eigenvalue weighted by Crippen LogP contribution is -2.30. The third kappa shape index (κ3) is 2.61. The fourth-order valence-corrected chi connectivity index (χ4v) is 6.27. The standard InChI is InChI=1S/C29H21N3S/c1-29(2)20-9-3-7-13-24(20)32(25-14-8-4-10-21(25)29)18-15-16-19-26(17-18)33-28-27(19)30-22-11-5-6-12-23(22)31-28/h3-17H,1-2H3. The number of anilines is 3. The van der Waals surface area contributed by atoms with Crippen LogP contribution in [0.25, 0.3) is 31.5 Å². The second-order valence-corrected chi connectivity index (χ2v) is 10.2. The Kier molecular flexibility index (Phi) is 3.77. The Balaban J connectivity index is 1.48. The molecule has 7 rings (SSSR count). The minimum absolute atomic E-state index is 0.0562. The summed E-state index contributed by atoms with van der Waals surface area (Å²) in [6.45, 7) is 4.64. The van der Waals surface area contributed by atoms with E-state index < -0.39 is 0 Å². The summed E-state index contributed by atoms with van der Waals surface area (Å²) in [6.07, 6.45) is 0. The molecule has 1 aliphatic heterocycles. The first kappa shape index (κ1) is 18.8. The van der Waals surface area contributed by atoms with Gasteiger partial charge in [0.1, 0.15) is 10.3 Å². The minimum Gasteiger partial charge on any atom is -0.310 e. The molecule has 0 saturated carbocycles. The summed E-state index contributed by atoms with van der Waals surface area (Å²) in [5.41, 5.74) is 9.14.